The molecule has 0 amide bonds. The van der Waals surface area contributed by atoms with Gasteiger partial charge in [0.15, 0.2) is 0 Å². The van der Waals surface area contributed by atoms with Gasteiger partial charge in [-0.25, -0.2) is 0 Å². The summed E-state index contributed by atoms with van der Waals surface area (Å²) in [6, 6.07) is 2.23. The summed E-state index contributed by atoms with van der Waals surface area (Å²) in [6.45, 7) is 15.6. The molecule has 0 radical (unpaired) electrons. The summed E-state index contributed by atoms with van der Waals surface area (Å²) in [4.78, 5) is 0. The molecular weight excluding hydrogens is 222 g/mol. The maximum Gasteiger partial charge on any atom is 0.0624 e. The van der Waals surface area contributed by atoms with Gasteiger partial charge in [-0.1, -0.05) is 26.8 Å². The summed E-state index contributed by atoms with van der Waals surface area (Å²) >= 11 is 0. The van der Waals surface area contributed by atoms with Crippen LogP contribution in [0.3, 0.4) is 0 Å². The van der Waals surface area contributed by atoms with Gasteiger partial charge in [0.1, 0.15) is 0 Å². The highest BCUT2D eigenvalue weighted by Gasteiger charge is 2.22. The fourth-order valence-electron chi connectivity index (χ4n) is 2.13. The lowest BCUT2D eigenvalue weighted by Gasteiger charge is -2.26. The monoisotopic (exact) mass is 249 g/mol. The minimum absolute atomic E-state index is 0.0912. The molecule has 0 spiro atoms. The molecular formula is C15H27N3. The Labute approximate surface area is 111 Å². The zero-order chi connectivity index (χ0) is 13.6. The van der Waals surface area contributed by atoms with Crippen LogP contribution in [0.5, 0.6) is 0 Å². The Morgan fingerprint density at radius 2 is 2.17 bits per heavy atom. The molecule has 0 bridgehead atoms. The maximum atomic E-state index is 4.61. The van der Waals surface area contributed by atoms with Crippen LogP contribution in [0.4, 0.5) is 0 Å². The Morgan fingerprint density at radius 3 is 2.67 bits per heavy atom. The Hall–Kier alpha value is -1.09. The van der Waals surface area contributed by atoms with Crippen molar-refractivity contribution < 1.29 is 0 Å². The van der Waals surface area contributed by atoms with Crippen LogP contribution in [0, 0.1) is 5.41 Å². The summed E-state index contributed by atoms with van der Waals surface area (Å²) in [5, 5.41) is 8.03. The molecule has 3 heteroatoms. The average molecular weight is 249 g/mol. The van der Waals surface area contributed by atoms with Crippen LogP contribution in [0.2, 0.25) is 0 Å². The molecule has 1 heterocycles. The van der Waals surface area contributed by atoms with Gasteiger partial charge in [-0.3, -0.25) is 4.68 Å². The minimum atomic E-state index is 0.0912. The van der Waals surface area contributed by atoms with E-state index in [1.165, 1.54) is 11.4 Å². The zero-order valence-corrected chi connectivity index (χ0v) is 12.3. The summed E-state index contributed by atoms with van der Waals surface area (Å²) < 4.78 is 2.12. The third-order valence-electron chi connectivity index (χ3n) is 3.43. The van der Waals surface area contributed by atoms with Crippen molar-refractivity contribution in [2.45, 2.75) is 47.1 Å². The summed E-state index contributed by atoms with van der Waals surface area (Å²) in [5.41, 5.74) is 2.59. The number of hydrogen-bond acceptors (Lipinski definition) is 2. The van der Waals surface area contributed by atoms with E-state index in [2.05, 4.69) is 61.5 Å². The highest BCUT2D eigenvalue weighted by atomic mass is 15.3. The quantitative estimate of drug-likeness (QED) is 0.718. The van der Waals surface area contributed by atoms with Crippen LogP contribution in [0.15, 0.2) is 18.7 Å². The van der Waals surface area contributed by atoms with E-state index in [0.717, 1.165) is 32.5 Å². The SMILES string of the molecule is C=CC(C)(CNCC)Cc1cc(CC)nn1CC. The van der Waals surface area contributed by atoms with Crippen LogP contribution in [0.25, 0.3) is 0 Å². The molecule has 1 N–H and O–H groups in total. The van der Waals surface area contributed by atoms with Crippen LogP contribution >= 0.6 is 0 Å². The van der Waals surface area contributed by atoms with E-state index in [-0.39, 0.29) is 5.41 Å². The van der Waals surface area contributed by atoms with Gasteiger partial charge in [0.05, 0.1) is 5.69 Å². The molecule has 102 valence electrons. The molecule has 1 atom stereocenters. The lowest BCUT2D eigenvalue weighted by Crippen LogP contribution is -2.32. The van der Waals surface area contributed by atoms with E-state index < -0.39 is 0 Å². The molecule has 1 unspecified atom stereocenters. The number of rotatable bonds is 8. The Balaban J connectivity index is 2.86. The molecule has 3 nitrogen and oxygen atoms in total. The van der Waals surface area contributed by atoms with Crippen LogP contribution in [-0.4, -0.2) is 22.9 Å². The number of aryl methyl sites for hydroxylation is 2. The van der Waals surface area contributed by atoms with Crippen molar-refractivity contribution in [1.29, 1.82) is 0 Å². The summed E-state index contributed by atoms with van der Waals surface area (Å²) in [7, 11) is 0. The van der Waals surface area contributed by atoms with Gasteiger partial charge in [-0.2, -0.15) is 5.10 Å². The Morgan fingerprint density at radius 1 is 1.44 bits per heavy atom. The van der Waals surface area contributed by atoms with E-state index >= 15 is 0 Å². The van der Waals surface area contributed by atoms with Crippen molar-refractivity contribution >= 4 is 0 Å². The van der Waals surface area contributed by atoms with Gasteiger partial charge in [0, 0.05) is 24.2 Å². The Kier molecular flexibility index (Phi) is 5.60. The van der Waals surface area contributed by atoms with Crippen molar-refractivity contribution in [2.75, 3.05) is 13.1 Å². The molecule has 0 fully saturated rings. The summed E-state index contributed by atoms with van der Waals surface area (Å²) in [6.07, 6.45) is 4.05. The largest absolute Gasteiger partial charge is 0.316 e. The number of nitrogens with zero attached hydrogens (tertiary/aromatic N) is 2. The first-order chi connectivity index (χ1) is 8.58. The van der Waals surface area contributed by atoms with Gasteiger partial charge in [0.25, 0.3) is 0 Å². The molecule has 1 aromatic rings. The molecule has 0 saturated carbocycles. The molecule has 0 aliphatic heterocycles. The second-order valence-corrected chi connectivity index (χ2v) is 5.11. The van der Waals surface area contributed by atoms with Gasteiger partial charge in [-0.05, 0) is 32.4 Å². The molecule has 1 aromatic heterocycles. The predicted octanol–water partition coefficient (Wildman–Crippen LogP) is 2.81. The van der Waals surface area contributed by atoms with E-state index in [4.69, 9.17) is 0 Å². The van der Waals surface area contributed by atoms with Gasteiger partial charge in [-0.15, -0.1) is 6.58 Å². The van der Waals surface area contributed by atoms with Gasteiger partial charge in [0.2, 0.25) is 0 Å². The first kappa shape index (κ1) is 15.0. The molecule has 0 saturated heterocycles. The number of aromatic nitrogens is 2. The average Bonchev–Trinajstić information content (AvgIpc) is 2.78. The first-order valence-corrected chi connectivity index (χ1v) is 6.98. The lowest BCUT2D eigenvalue weighted by atomic mass is 9.85. The van der Waals surface area contributed by atoms with Crippen molar-refractivity contribution in [3.05, 3.63) is 30.1 Å². The molecule has 0 aromatic carbocycles. The topological polar surface area (TPSA) is 29.9 Å². The van der Waals surface area contributed by atoms with Crippen LogP contribution in [-0.2, 0) is 19.4 Å². The second kappa shape index (κ2) is 6.74. The van der Waals surface area contributed by atoms with Crippen molar-refractivity contribution in [3.8, 4) is 0 Å². The zero-order valence-electron chi connectivity index (χ0n) is 12.3. The highest BCUT2D eigenvalue weighted by Crippen LogP contribution is 2.23. The fourth-order valence-corrected chi connectivity index (χ4v) is 2.13. The normalized spacial score (nSPS) is 14.4. The van der Waals surface area contributed by atoms with E-state index in [1.807, 2.05) is 0 Å². The number of hydrogen-bond donors (Lipinski definition) is 1. The molecule has 0 aliphatic rings. The third kappa shape index (κ3) is 3.70. The van der Waals surface area contributed by atoms with Crippen molar-refractivity contribution in [1.82, 2.24) is 15.1 Å². The van der Waals surface area contributed by atoms with Crippen molar-refractivity contribution in [2.24, 2.45) is 5.41 Å². The van der Waals surface area contributed by atoms with Crippen LogP contribution < -0.4 is 5.32 Å². The van der Waals surface area contributed by atoms with Gasteiger partial charge < -0.3 is 5.32 Å². The van der Waals surface area contributed by atoms with E-state index in [1.54, 1.807) is 0 Å². The molecule has 0 aliphatic carbocycles. The smallest absolute Gasteiger partial charge is 0.0624 e. The van der Waals surface area contributed by atoms with E-state index in [9.17, 15) is 0 Å². The van der Waals surface area contributed by atoms with Crippen molar-refractivity contribution in [3.63, 3.8) is 0 Å². The number of nitrogens with one attached hydrogen (secondary N) is 1. The molecule has 18 heavy (non-hydrogen) atoms. The minimum Gasteiger partial charge on any atom is -0.316 e. The second-order valence-electron chi connectivity index (χ2n) is 5.11. The van der Waals surface area contributed by atoms with E-state index in [0.29, 0.717) is 0 Å². The maximum absolute atomic E-state index is 4.61. The fraction of sp³-hybridized carbons (Fsp3) is 0.667. The standard InChI is InChI=1S/C15H27N3/c1-6-13-10-14(18(9-4)17-13)11-15(5,7-2)12-16-8-3/h7,10,16H,2,6,8-9,11-12H2,1,3-5H3. The lowest BCUT2D eigenvalue weighted by molar-refractivity contribution is 0.382. The Bertz CT molecular complexity index is 381. The third-order valence-corrected chi connectivity index (χ3v) is 3.43. The molecule has 1 rings (SSSR count). The van der Waals surface area contributed by atoms with Crippen LogP contribution in [0.1, 0.15) is 39.1 Å². The predicted molar refractivity (Wildman–Crippen MR) is 77.8 cm³/mol. The summed E-state index contributed by atoms with van der Waals surface area (Å²) in [5.74, 6) is 0. The highest BCUT2D eigenvalue weighted by molar-refractivity contribution is 5.14. The first-order valence-electron chi connectivity index (χ1n) is 6.98. The van der Waals surface area contributed by atoms with Gasteiger partial charge >= 0.3 is 0 Å².